The standard InChI is InChI=1S/C16H25F2NO3SSi/c1-11(2)14(16(17,18)15(20)24(4,5)6)19-23(21,22)13-9-7-12(3)8-10-13/h7-11,14,19H,1-6H3. The molecule has 0 saturated heterocycles. The van der Waals surface area contributed by atoms with E-state index in [9.17, 15) is 22.0 Å². The first-order valence-electron chi connectivity index (χ1n) is 7.71. The van der Waals surface area contributed by atoms with Crippen LogP contribution in [-0.2, 0) is 14.8 Å². The van der Waals surface area contributed by atoms with Crippen LogP contribution in [0.25, 0.3) is 0 Å². The van der Waals surface area contributed by atoms with Gasteiger partial charge in [-0.25, -0.2) is 13.1 Å². The van der Waals surface area contributed by atoms with Gasteiger partial charge in [0.05, 0.1) is 10.9 Å². The van der Waals surface area contributed by atoms with Crippen molar-refractivity contribution < 1.29 is 22.0 Å². The third-order valence-electron chi connectivity index (χ3n) is 3.65. The van der Waals surface area contributed by atoms with Crippen LogP contribution < -0.4 is 4.72 Å². The number of alkyl halides is 2. The average Bonchev–Trinajstić information content (AvgIpc) is 2.43. The molecule has 8 heteroatoms. The fourth-order valence-corrected chi connectivity index (χ4v) is 4.76. The minimum atomic E-state index is -4.15. The normalized spacial score (nSPS) is 14.7. The van der Waals surface area contributed by atoms with Gasteiger partial charge < -0.3 is 0 Å². The molecule has 0 bridgehead atoms. The predicted octanol–water partition coefficient (Wildman–Crippen LogP) is 3.38. The summed E-state index contributed by atoms with van der Waals surface area (Å²) < 4.78 is 56.3. The molecule has 0 radical (unpaired) electrons. The zero-order valence-electron chi connectivity index (χ0n) is 14.9. The van der Waals surface area contributed by atoms with Crippen LogP contribution in [0.4, 0.5) is 8.78 Å². The molecule has 0 aliphatic carbocycles. The number of halogens is 2. The lowest BCUT2D eigenvalue weighted by atomic mass is 9.99. The van der Waals surface area contributed by atoms with E-state index in [1.807, 2.05) is 4.72 Å². The smallest absolute Gasteiger partial charge is 0.299 e. The van der Waals surface area contributed by atoms with Crippen LogP contribution >= 0.6 is 0 Å². The molecule has 0 aromatic heterocycles. The topological polar surface area (TPSA) is 63.2 Å². The van der Waals surface area contributed by atoms with Crippen LogP contribution in [0.2, 0.25) is 19.6 Å². The third-order valence-corrected chi connectivity index (χ3v) is 6.81. The Morgan fingerprint density at radius 3 is 1.96 bits per heavy atom. The van der Waals surface area contributed by atoms with Gasteiger partial charge in [0.1, 0.15) is 8.07 Å². The van der Waals surface area contributed by atoms with E-state index in [0.29, 0.717) is 0 Å². The molecule has 1 atom stereocenters. The van der Waals surface area contributed by atoms with Gasteiger partial charge in [-0.05, 0) is 25.0 Å². The zero-order chi connectivity index (χ0) is 18.9. The molecule has 136 valence electrons. The Morgan fingerprint density at radius 2 is 1.58 bits per heavy atom. The van der Waals surface area contributed by atoms with E-state index in [-0.39, 0.29) is 4.90 Å². The number of benzene rings is 1. The van der Waals surface area contributed by atoms with Crippen LogP contribution in [0, 0.1) is 12.8 Å². The highest BCUT2D eigenvalue weighted by atomic mass is 32.2. The zero-order valence-corrected chi connectivity index (χ0v) is 16.7. The lowest BCUT2D eigenvalue weighted by Gasteiger charge is -2.32. The number of carbonyl (C=O) groups excluding carboxylic acids is 1. The van der Waals surface area contributed by atoms with Crippen molar-refractivity contribution in [3.8, 4) is 0 Å². The molecule has 0 fully saturated rings. The van der Waals surface area contributed by atoms with Crippen LogP contribution in [0.1, 0.15) is 19.4 Å². The van der Waals surface area contributed by atoms with E-state index in [4.69, 9.17) is 0 Å². The first-order chi connectivity index (χ1) is 10.7. The molecule has 1 N–H and O–H groups in total. The summed E-state index contributed by atoms with van der Waals surface area (Å²) in [6.45, 7) is 9.29. The highest BCUT2D eigenvalue weighted by Crippen LogP contribution is 2.30. The molecule has 24 heavy (non-hydrogen) atoms. The molecule has 1 aromatic carbocycles. The molecule has 0 aliphatic heterocycles. The van der Waals surface area contributed by atoms with E-state index in [1.54, 1.807) is 19.1 Å². The Labute approximate surface area is 143 Å². The Hall–Kier alpha value is -1.12. The molecule has 4 nitrogen and oxygen atoms in total. The summed E-state index contributed by atoms with van der Waals surface area (Å²) in [6, 6.07) is 4.10. The molecule has 0 aliphatic rings. The first-order valence-corrected chi connectivity index (χ1v) is 12.7. The summed E-state index contributed by atoms with van der Waals surface area (Å²) >= 11 is 0. The predicted molar refractivity (Wildman–Crippen MR) is 93.4 cm³/mol. The van der Waals surface area contributed by atoms with Crippen LogP contribution in [-0.4, -0.2) is 33.9 Å². The van der Waals surface area contributed by atoms with Crippen LogP contribution in [0.5, 0.6) is 0 Å². The van der Waals surface area contributed by atoms with E-state index in [1.165, 1.54) is 45.6 Å². The second kappa shape index (κ2) is 7.01. The lowest BCUT2D eigenvalue weighted by molar-refractivity contribution is -0.140. The van der Waals surface area contributed by atoms with Gasteiger partial charge in [-0.15, -0.1) is 0 Å². The van der Waals surface area contributed by atoms with Gasteiger partial charge in [0.15, 0.2) is 5.41 Å². The van der Waals surface area contributed by atoms with Gasteiger partial charge in [0.2, 0.25) is 10.0 Å². The summed E-state index contributed by atoms with van der Waals surface area (Å²) in [5.74, 6) is -4.50. The second-order valence-electron chi connectivity index (χ2n) is 7.36. The molecule has 1 aromatic rings. The van der Waals surface area contributed by atoms with Gasteiger partial charge in [0.25, 0.3) is 0 Å². The number of rotatable bonds is 7. The molecule has 1 unspecified atom stereocenters. The summed E-state index contributed by atoms with van der Waals surface area (Å²) in [5.41, 5.74) is 0.855. The number of sulfonamides is 1. The van der Waals surface area contributed by atoms with E-state index in [0.717, 1.165) is 5.56 Å². The highest BCUT2D eigenvalue weighted by Gasteiger charge is 2.53. The number of nitrogens with one attached hydrogen (secondary N) is 1. The summed E-state index contributed by atoms with van der Waals surface area (Å²) in [7, 11) is -6.94. The Morgan fingerprint density at radius 1 is 1.12 bits per heavy atom. The van der Waals surface area contributed by atoms with Crippen molar-refractivity contribution in [2.24, 2.45) is 5.92 Å². The SMILES string of the molecule is Cc1ccc(S(=O)(=O)NC(C(C)C)C(F)(F)C(=O)[Si](C)(C)C)cc1. The Balaban J connectivity index is 3.23. The average molecular weight is 378 g/mol. The van der Waals surface area contributed by atoms with Crippen molar-refractivity contribution in [3.05, 3.63) is 29.8 Å². The Kier molecular flexibility index (Phi) is 6.11. The van der Waals surface area contributed by atoms with Crippen molar-refractivity contribution in [2.75, 3.05) is 0 Å². The second-order valence-corrected chi connectivity index (χ2v) is 14.0. The van der Waals surface area contributed by atoms with E-state index in [2.05, 4.69) is 0 Å². The molecule has 0 heterocycles. The molecular weight excluding hydrogens is 352 g/mol. The quantitative estimate of drug-likeness (QED) is 0.741. The van der Waals surface area contributed by atoms with Gasteiger partial charge in [-0.1, -0.05) is 51.2 Å². The molecule has 0 saturated carbocycles. The maximum absolute atomic E-state index is 14.7. The van der Waals surface area contributed by atoms with Crippen LogP contribution in [0.15, 0.2) is 29.2 Å². The number of carbonyl (C=O) groups is 1. The van der Waals surface area contributed by atoms with E-state index < -0.39 is 41.4 Å². The summed E-state index contributed by atoms with van der Waals surface area (Å²) in [4.78, 5) is 12.1. The van der Waals surface area contributed by atoms with Crippen molar-refractivity contribution in [3.63, 3.8) is 0 Å². The van der Waals surface area contributed by atoms with Gasteiger partial charge in [-0.2, -0.15) is 8.78 Å². The van der Waals surface area contributed by atoms with Crippen molar-refractivity contribution in [1.29, 1.82) is 0 Å². The Bertz CT molecular complexity index is 695. The van der Waals surface area contributed by atoms with Gasteiger partial charge in [-0.3, -0.25) is 4.79 Å². The van der Waals surface area contributed by atoms with Crippen LogP contribution in [0.3, 0.4) is 0 Å². The fourth-order valence-electron chi connectivity index (χ4n) is 2.22. The van der Waals surface area contributed by atoms with Gasteiger partial charge >= 0.3 is 5.92 Å². The third kappa shape index (κ3) is 4.70. The minimum absolute atomic E-state index is 0.102. The number of aryl methyl sites for hydroxylation is 1. The van der Waals surface area contributed by atoms with Crippen molar-refractivity contribution in [1.82, 2.24) is 4.72 Å². The van der Waals surface area contributed by atoms with E-state index >= 15 is 0 Å². The monoisotopic (exact) mass is 377 g/mol. The lowest BCUT2D eigenvalue weighted by Crippen LogP contribution is -2.59. The summed E-state index contributed by atoms with van der Waals surface area (Å²) in [6.07, 6.45) is 0. The highest BCUT2D eigenvalue weighted by molar-refractivity contribution is 7.89. The maximum Gasteiger partial charge on any atom is 0.316 e. The minimum Gasteiger partial charge on any atom is -0.299 e. The van der Waals surface area contributed by atoms with Crippen molar-refractivity contribution in [2.45, 2.75) is 57.3 Å². The van der Waals surface area contributed by atoms with Crippen molar-refractivity contribution >= 4 is 23.5 Å². The molecule has 0 spiro atoms. The molecular formula is C16H25F2NO3SSi. The number of hydrogen-bond acceptors (Lipinski definition) is 3. The fraction of sp³-hybridized carbons (Fsp3) is 0.562. The van der Waals surface area contributed by atoms with Gasteiger partial charge in [0, 0.05) is 0 Å². The number of hydrogen-bond donors (Lipinski definition) is 1. The molecule has 0 amide bonds. The maximum atomic E-state index is 14.7. The molecule has 1 rings (SSSR count). The largest absolute Gasteiger partial charge is 0.316 e. The first kappa shape index (κ1) is 20.9. The summed E-state index contributed by atoms with van der Waals surface area (Å²) in [5, 5.41) is -1.15.